The minimum absolute atomic E-state index is 0.0741. The standard InChI is InChI=1S/C28H29F7N2O6S/c1-2-21-15-17(23(38)39)11-13-37(21)24(40)36-14-12-25(16-36,44(42,43)22-9-7-20(29)8-10-22)18-3-5-19(6-4-18)26(41,27(30,31)32)28(33,34)35/h3-10,17,21,41H,2,11-16H2,1H3,(H,38,39). The van der Waals surface area contributed by atoms with Crippen molar-refractivity contribution in [2.45, 2.75) is 66.2 Å². The highest BCUT2D eigenvalue weighted by Crippen LogP contribution is 2.51. The Morgan fingerprint density at radius 3 is 2.02 bits per heavy atom. The van der Waals surface area contributed by atoms with Gasteiger partial charge in [0.2, 0.25) is 0 Å². The number of halogens is 7. The van der Waals surface area contributed by atoms with Crippen molar-refractivity contribution in [3.8, 4) is 0 Å². The van der Waals surface area contributed by atoms with Gasteiger partial charge in [-0.25, -0.2) is 17.6 Å². The molecule has 8 nitrogen and oxygen atoms in total. The highest BCUT2D eigenvalue weighted by molar-refractivity contribution is 7.92. The molecule has 2 aromatic rings. The zero-order valence-electron chi connectivity index (χ0n) is 23.2. The number of amides is 2. The van der Waals surface area contributed by atoms with Crippen molar-refractivity contribution in [3.63, 3.8) is 0 Å². The minimum Gasteiger partial charge on any atom is -0.481 e. The Balaban J connectivity index is 1.77. The van der Waals surface area contributed by atoms with Crippen LogP contribution in [0.5, 0.6) is 0 Å². The van der Waals surface area contributed by atoms with Crippen LogP contribution in [0, 0.1) is 11.7 Å². The van der Waals surface area contributed by atoms with E-state index in [9.17, 15) is 59.0 Å². The first kappa shape index (κ1) is 33.5. The molecule has 3 unspecified atom stereocenters. The molecule has 2 amide bonds. The van der Waals surface area contributed by atoms with Crippen molar-refractivity contribution >= 4 is 21.8 Å². The predicted molar refractivity (Wildman–Crippen MR) is 140 cm³/mol. The van der Waals surface area contributed by atoms with Crippen LogP contribution in [0.1, 0.15) is 43.7 Å². The largest absolute Gasteiger partial charge is 0.481 e. The molecule has 4 rings (SSSR count). The number of piperidine rings is 1. The molecule has 3 atom stereocenters. The number of carbonyl (C=O) groups is 2. The molecule has 44 heavy (non-hydrogen) atoms. The second-order valence-corrected chi connectivity index (χ2v) is 13.3. The maximum Gasteiger partial charge on any atom is 0.430 e. The van der Waals surface area contributed by atoms with Crippen molar-refractivity contribution in [3.05, 3.63) is 65.5 Å². The summed E-state index contributed by atoms with van der Waals surface area (Å²) in [5.74, 6) is -2.45. The molecule has 16 heteroatoms. The molecule has 0 radical (unpaired) electrons. The summed E-state index contributed by atoms with van der Waals surface area (Å²) in [6.07, 6.45) is -11.9. The zero-order chi connectivity index (χ0) is 32.9. The van der Waals surface area contributed by atoms with Gasteiger partial charge >= 0.3 is 24.4 Å². The van der Waals surface area contributed by atoms with Gasteiger partial charge in [-0.3, -0.25) is 4.79 Å². The number of aliphatic carboxylic acids is 1. The lowest BCUT2D eigenvalue weighted by Gasteiger charge is -2.40. The third-order valence-electron chi connectivity index (χ3n) is 8.57. The summed E-state index contributed by atoms with van der Waals surface area (Å²) < 4.78 is 121. The molecule has 2 N–H and O–H groups in total. The minimum atomic E-state index is -6.16. The van der Waals surface area contributed by atoms with Crippen molar-refractivity contribution in [2.75, 3.05) is 19.6 Å². The normalized spacial score (nSPS) is 23.6. The van der Waals surface area contributed by atoms with Gasteiger partial charge in [0.15, 0.2) is 9.84 Å². The van der Waals surface area contributed by atoms with Crippen LogP contribution >= 0.6 is 0 Å². The summed E-state index contributed by atoms with van der Waals surface area (Å²) in [4.78, 5) is 27.4. The molecule has 2 fully saturated rings. The average Bonchev–Trinajstić information content (AvgIpc) is 3.42. The van der Waals surface area contributed by atoms with Gasteiger partial charge in [0.25, 0.3) is 5.60 Å². The number of hydrogen-bond donors (Lipinski definition) is 2. The Kier molecular flexibility index (Phi) is 8.76. The molecule has 0 saturated carbocycles. The monoisotopic (exact) mass is 654 g/mol. The number of carbonyl (C=O) groups excluding carboxylic acids is 1. The van der Waals surface area contributed by atoms with Crippen LogP contribution < -0.4 is 0 Å². The number of likely N-dealkylation sites (tertiary alicyclic amines) is 2. The number of nitrogens with zero attached hydrogens (tertiary/aromatic N) is 2. The molecule has 2 heterocycles. The fourth-order valence-electron chi connectivity index (χ4n) is 5.99. The maximum atomic E-state index is 14.1. The van der Waals surface area contributed by atoms with E-state index in [0.717, 1.165) is 36.4 Å². The van der Waals surface area contributed by atoms with Crippen LogP contribution in [0.4, 0.5) is 35.5 Å². The van der Waals surface area contributed by atoms with Crippen molar-refractivity contribution < 1.29 is 59.0 Å². The second-order valence-electron chi connectivity index (χ2n) is 11.0. The first-order valence-corrected chi connectivity index (χ1v) is 15.0. The Bertz CT molecular complexity index is 1480. The van der Waals surface area contributed by atoms with Gasteiger partial charge < -0.3 is 20.0 Å². The molecule has 2 aliphatic heterocycles. The quantitative estimate of drug-likeness (QED) is 0.327. The second kappa shape index (κ2) is 11.5. The number of aliphatic hydroxyl groups is 1. The van der Waals surface area contributed by atoms with Crippen LogP contribution in [0.2, 0.25) is 0 Å². The molecule has 0 spiro atoms. The van der Waals surface area contributed by atoms with E-state index in [1.165, 1.54) is 9.80 Å². The summed E-state index contributed by atoms with van der Waals surface area (Å²) >= 11 is 0. The van der Waals surface area contributed by atoms with Crippen LogP contribution in [-0.2, 0) is 25.0 Å². The van der Waals surface area contributed by atoms with E-state index in [4.69, 9.17) is 0 Å². The Labute approximate surface area is 248 Å². The van der Waals surface area contributed by atoms with Gasteiger partial charge in [0.05, 0.1) is 10.8 Å². The zero-order valence-corrected chi connectivity index (χ0v) is 24.0. The topological polar surface area (TPSA) is 115 Å². The summed E-state index contributed by atoms with van der Waals surface area (Å²) in [6.45, 7) is 1.10. The number of rotatable bonds is 6. The number of carboxylic acid groups (broad SMARTS) is 1. The van der Waals surface area contributed by atoms with E-state index in [2.05, 4.69) is 0 Å². The molecule has 0 aromatic heterocycles. The fourth-order valence-corrected chi connectivity index (χ4v) is 8.07. The van der Waals surface area contributed by atoms with Gasteiger partial charge in [-0.05, 0) is 55.5 Å². The van der Waals surface area contributed by atoms with Gasteiger partial charge in [-0.15, -0.1) is 0 Å². The average molecular weight is 655 g/mol. The molecular weight excluding hydrogens is 625 g/mol. The summed E-state index contributed by atoms with van der Waals surface area (Å²) in [6, 6.07) is 4.74. The number of urea groups is 1. The summed E-state index contributed by atoms with van der Waals surface area (Å²) in [7, 11) is -4.58. The highest BCUT2D eigenvalue weighted by atomic mass is 32.2. The van der Waals surface area contributed by atoms with Crippen molar-refractivity contribution in [1.29, 1.82) is 0 Å². The van der Waals surface area contributed by atoms with Gasteiger partial charge in [-0.1, -0.05) is 31.2 Å². The molecule has 2 saturated heterocycles. The molecular formula is C28H29F7N2O6S. The van der Waals surface area contributed by atoms with Crippen LogP contribution in [0.25, 0.3) is 0 Å². The first-order chi connectivity index (χ1) is 20.3. The number of carboxylic acids is 1. The molecule has 0 bridgehead atoms. The first-order valence-electron chi connectivity index (χ1n) is 13.6. The van der Waals surface area contributed by atoms with Crippen LogP contribution in [0.3, 0.4) is 0 Å². The van der Waals surface area contributed by atoms with E-state index in [-0.39, 0.29) is 37.9 Å². The predicted octanol–water partition coefficient (Wildman–Crippen LogP) is 5.21. The van der Waals surface area contributed by atoms with Gasteiger partial charge in [-0.2, -0.15) is 26.3 Å². The number of alkyl halides is 6. The number of benzene rings is 2. The van der Waals surface area contributed by atoms with Crippen LogP contribution in [0.15, 0.2) is 53.4 Å². The maximum absolute atomic E-state index is 14.1. The lowest BCUT2D eigenvalue weighted by Crippen LogP contribution is -2.54. The van der Waals surface area contributed by atoms with Gasteiger partial charge in [0.1, 0.15) is 10.6 Å². The number of hydrogen-bond acceptors (Lipinski definition) is 5. The molecule has 0 aliphatic carbocycles. The third-order valence-corrected chi connectivity index (χ3v) is 11.1. The van der Waals surface area contributed by atoms with E-state index in [1.807, 2.05) is 0 Å². The van der Waals surface area contributed by atoms with Crippen molar-refractivity contribution in [1.82, 2.24) is 9.80 Å². The number of sulfone groups is 1. The van der Waals surface area contributed by atoms with Gasteiger partial charge in [0, 0.05) is 31.2 Å². The fraction of sp³-hybridized carbons (Fsp3) is 0.500. The summed E-state index contributed by atoms with van der Waals surface area (Å²) in [5.41, 5.74) is -7.08. The highest BCUT2D eigenvalue weighted by Gasteiger charge is 2.71. The Morgan fingerprint density at radius 1 is 0.955 bits per heavy atom. The van der Waals surface area contributed by atoms with E-state index in [0.29, 0.717) is 18.6 Å². The smallest absolute Gasteiger partial charge is 0.430 e. The molecule has 2 aromatic carbocycles. The Morgan fingerprint density at radius 2 is 1.52 bits per heavy atom. The van der Waals surface area contributed by atoms with E-state index in [1.54, 1.807) is 6.92 Å². The van der Waals surface area contributed by atoms with Crippen molar-refractivity contribution in [2.24, 2.45) is 5.92 Å². The van der Waals surface area contributed by atoms with E-state index < -0.39 is 79.3 Å². The lowest BCUT2D eigenvalue weighted by atomic mass is 9.89. The van der Waals surface area contributed by atoms with E-state index >= 15 is 0 Å². The summed E-state index contributed by atoms with van der Waals surface area (Å²) in [5, 5.41) is 19.2. The van der Waals surface area contributed by atoms with Crippen LogP contribution in [-0.4, -0.2) is 78.5 Å². The molecule has 2 aliphatic rings. The lowest BCUT2D eigenvalue weighted by molar-refractivity contribution is -0.376. The Hall–Kier alpha value is -3.40. The molecule has 242 valence electrons. The third kappa shape index (κ3) is 5.50. The SMILES string of the molecule is CCC1CC(C(=O)O)CCN1C(=O)N1CCC(c2ccc(C(O)(C(F)(F)F)C(F)(F)F)cc2)(S(=O)(=O)c2ccc(F)cc2)C1.